The summed E-state index contributed by atoms with van der Waals surface area (Å²) in [5.41, 5.74) is 0. The van der Waals surface area contributed by atoms with Crippen molar-refractivity contribution in [2.45, 2.75) is 10.6 Å². The Morgan fingerprint density at radius 3 is 1.75 bits per heavy atom. The molecule has 0 aromatic rings. The Morgan fingerprint density at radius 2 is 1.75 bits per heavy atom. The SMILES string of the molecule is C[CH2][Na].[NaH]. The van der Waals surface area contributed by atoms with Crippen LogP contribution in [0, 0.1) is 0 Å². The van der Waals surface area contributed by atoms with Gasteiger partial charge in [-0.2, -0.15) is 0 Å². The van der Waals surface area contributed by atoms with Crippen molar-refractivity contribution in [3.05, 3.63) is 0 Å². The number of rotatable bonds is 0. The van der Waals surface area contributed by atoms with Crippen molar-refractivity contribution in [1.82, 2.24) is 0 Å². The molecule has 0 aromatic heterocycles. The van der Waals surface area contributed by atoms with Gasteiger partial charge in [-0.05, 0) is 0 Å². The molecule has 16 valence electrons. The van der Waals surface area contributed by atoms with Crippen LogP contribution in [-0.2, 0) is 0 Å². The average molecular weight is 76.0 g/mol. The van der Waals surface area contributed by atoms with Gasteiger partial charge in [0.15, 0.2) is 0 Å². The standard InChI is InChI=1S/C2H5.2Na.H/c1-2;;;/h1H2,2H3;;;. The Hall–Kier alpha value is 2.00. The van der Waals surface area contributed by atoms with E-state index in [0.717, 1.165) is 0 Å². The molecule has 0 saturated carbocycles. The summed E-state index contributed by atoms with van der Waals surface area (Å²) in [5, 5.41) is 0. The minimum absolute atomic E-state index is 0. The van der Waals surface area contributed by atoms with Gasteiger partial charge in [-0.3, -0.25) is 0 Å². The van der Waals surface area contributed by atoms with Crippen molar-refractivity contribution in [1.29, 1.82) is 0 Å². The van der Waals surface area contributed by atoms with Crippen molar-refractivity contribution < 1.29 is 0 Å². The van der Waals surface area contributed by atoms with Crippen LogP contribution in [0.4, 0.5) is 0 Å². The zero-order valence-electron chi connectivity index (χ0n) is 2.71. The van der Waals surface area contributed by atoms with E-state index < -0.39 is 0 Å². The van der Waals surface area contributed by atoms with Gasteiger partial charge >= 0.3 is 68.1 Å². The van der Waals surface area contributed by atoms with Gasteiger partial charge in [0.05, 0.1) is 0 Å². The van der Waals surface area contributed by atoms with Crippen molar-refractivity contribution in [3.63, 3.8) is 0 Å². The second-order valence-electron chi connectivity index (χ2n) is 0.707. The molecule has 0 aromatic carbocycles. The molecule has 0 amide bonds. The van der Waals surface area contributed by atoms with E-state index in [2.05, 4.69) is 6.92 Å². The van der Waals surface area contributed by atoms with Crippen molar-refractivity contribution in [2.75, 3.05) is 0 Å². The first-order chi connectivity index (χ1) is 1.41. The number of hydrogen-bond acceptors (Lipinski definition) is 0. The van der Waals surface area contributed by atoms with E-state index in [1.165, 1.54) is 31.6 Å². The van der Waals surface area contributed by atoms with Gasteiger partial charge in [0, 0.05) is 0 Å². The normalized spacial score (nSPS) is 4.75. The predicted octanol–water partition coefficient (Wildman–Crippen LogP) is -0.0554. The summed E-state index contributed by atoms with van der Waals surface area (Å²) >= 11 is 1.37. The van der Waals surface area contributed by atoms with Crippen molar-refractivity contribution in [2.24, 2.45) is 0 Å². The van der Waals surface area contributed by atoms with Gasteiger partial charge in [-0.25, -0.2) is 0 Å². The molecule has 0 saturated heterocycles. The van der Waals surface area contributed by atoms with E-state index in [0.29, 0.717) is 0 Å². The molecule has 0 radical (unpaired) electrons. The minimum atomic E-state index is 0. The van der Waals surface area contributed by atoms with Crippen LogP contribution in [0.3, 0.4) is 0 Å². The van der Waals surface area contributed by atoms with Crippen LogP contribution in [0.2, 0.25) is 3.67 Å². The first-order valence-electron chi connectivity index (χ1n) is 1.41. The van der Waals surface area contributed by atoms with Crippen LogP contribution < -0.4 is 0 Å². The molecule has 0 N–H and O–H groups in total. The summed E-state index contributed by atoms with van der Waals surface area (Å²) in [6.07, 6.45) is 0. The predicted molar refractivity (Wildman–Crippen MR) is 23.4 cm³/mol. The van der Waals surface area contributed by atoms with Crippen LogP contribution in [0.25, 0.3) is 0 Å². The summed E-state index contributed by atoms with van der Waals surface area (Å²) in [4.78, 5) is 0. The van der Waals surface area contributed by atoms with Gasteiger partial charge in [0.25, 0.3) is 0 Å². The summed E-state index contributed by atoms with van der Waals surface area (Å²) in [6.45, 7) is 2.19. The average Bonchev–Trinajstić information content (AvgIpc) is 0.918. The fraction of sp³-hybridized carbons (Fsp3) is 1.00. The third-order valence-electron chi connectivity index (χ3n) is 0. The zero-order chi connectivity index (χ0) is 2.71. The molecule has 4 heavy (non-hydrogen) atoms. The fourth-order valence-electron chi connectivity index (χ4n) is 0. The molecule has 0 aliphatic carbocycles. The van der Waals surface area contributed by atoms with Gasteiger partial charge < -0.3 is 0 Å². The molecular formula is C2H6Na2. The van der Waals surface area contributed by atoms with Crippen molar-refractivity contribution in [3.8, 4) is 0 Å². The molecule has 0 nitrogen and oxygen atoms in total. The molecule has 0 heterocycles. The summed E-state index contributed by atoms with van der Waals surface area (Å²) in [5.74, 6) is 0. The molecule has 0 spiro atoms. The van der Waals surface area contributed by atoms with Gasteiger partial charge in [-0.1, -0.05) is 0 Å². The van der Waals surface area contributed by atoms with E-state index in [1.807, 2.05) is 0 Å². The van der Waals surface area contributed by atoms with E-state index in [-0.39, 0.29) is 29.6 Å². The summed E-state index contributed by atoms with van der Waals surface area (Å²) < 4.78 is 1.39. The molecule has 0 aliphatic rings. The Bertz CT molecular complexity index is 4.00. The van der Waals surface area contributed by atoms with Crippen LogP contribution in [0.15, 0.2) is 0 Å². The van der Waals surface area contributed by atoms with Gasteiger partial charge in [0.2, 0.25) is 0 Å². The van der Waals surface area contributed by atoms with Crippen LogP contribution in [0.1, 0.15) is 6.92 Å². The Balaban J connectivity index is 0. The fourth-order valence-corrected chi connectivity index (χ4v) is 0. The molecule has 0 aliphatic heterocycles. The molecular weight excluding hydrogens is 70.0 g/mol. The molecule has 0 rings (SSSR count). The zero-order valence-corrected chi connectivity index (χ0v) is 4.71. The van der Waals surface area contributed by atoms with E-state index in [4.69, 9.17) is 0 Å². The monoisotopic (exact) mass is 76.0 g/mol. The Labute approximate surface area is 67.1 Å². The quantitative estimate of drug-likeness (QED) is 0.355. The Kier molecular flexibility index (Phi) is 20.8. The maximum absolute atomic E-state index is 2.19. The maximum atomic E-state index is 2.19. The molecule has 0 fully saturated rings. The first kappa shape index (κ1) is 9.38. The summed E-state index contributed by atoms with van der Waals surface area (Å²) in [6, 6.07) is 0. The van der Waals surface area contributed by atoms with Gasteiger partial charge in [0.1, 0.15) is 0 Å². The summed E-state index contributed by atoms with van der Waals surface area (Å²) in [7, 11) is 0. The molecule has 0 bridgehead atoms. The van der Waals surface area contributed by atoms with Crippen LogP contribution in [-0.4, -0.2) is 57.5 Å². The Morgan fingerprint density at radius 1 is 1.75 bits per heavy atom. The van der Waals surface area contributed by atoms with E-state index in [9.17, 15) is 0 Å². The van der Waals surface area contributed by atoms with Gasteiger partial charge in [-0.15, -0.1) is 0 Å². The second kappa shape index (κ2) is 8.89. The molecule has 0 unspecified atom stereocenters. The van der Waals surface area contributed by atoms with E-state index >= 15 is 0 Å². The third-order valence-corrected chi connectivity index (χ3v) is 0. The second-order valence-corrected chi connectivity index (χ2v) is 2.12. The third kappa shape index (κ3) is 9.00. The van der Waals surface area contributed by atoms with Crippen LogP contribution in [0.5, 0.6) is 0 Å². The topological polar surface area (TPSA) is 0 Å². The van der Waals surface area contributed by atoms with Crippen LogP contribution >= 0.6 is 0 Å². The number of hydrogen-bond donors (Lipinski definition) is 0. The first-order valence-corrected chi connectivity index (χ1v) is 2.83. The molecule has 0 atom stereocenters. The van der Waals surface area contributed by atoms with E-state index in [1.54, 1.807) is 0 Å². The molecule has 2 heteroatoms. The van der Waals surface area contributed by atoms with Crippen molar-refractivity contribution >= 4 is 57.5 Å².